The Bertz CT molecular complexity index is 1130. The monoisotopic (exact) mass is 781 g/mol. The second kappa shape index (κ2) is 24.2. The van der Waals surface area contributed by atoms with E-state index in [1.807, 2.05) is 4.90 Å². The van der Waals surface area contributed by atoms with E-state index >= 15 is 0 Å². The van der Waals surface area contributed by atoms with Crippen molar-refractivity contribution in [1.29, 1.82) is 0 Å². The maximum Gasteiger partial charge on any atom is 0.351 e. The number of halogens is 1. The van der Waals surface area contributed by atoms with Gasteiger partial charge in [-0.25, -0.2) is 10.6 Å². The summed E-state index contributed by atoms with van der Waals surface area (Å²) in [5, 5.41) is 7.69. The van der Waals surface area contributed by atoms with Crippen LogP contribution in [0.15, 0.2) is 0 Å². The summed E-state index contributed by atoms with van der Waals surface area (Å²) in [6, 6.07) is 0.520. The molecule has 1 amide bonds. The van der Waals surface area contributed by atoms with Crippen LogP contribution in [-0.2, 0) is 23.8 Å². The molecule has 0 aliphatic carbocycles. The zero-order valence-electron chi connectivity index (χ0n) is 33.7. The third kappa shape index (κ3) is 13.8. The van der Waals surface area contributed by atoms with Crippen LogP contribution in [0, 0.1) is 0 Å². The lowest BCUT2D eigenvalue weighted by atomic mass is 9.81. The van der Waals surface area contributed by atoms with E-state index in [9.17, 15) is 9.59 Å². The van der Waals surface area contributed by atoms with Gasteiger partial charge in [-0.05, 0) is 83.7 Å². The Kier molecular flexibility index (Phi) is 20.2. The highest BCUT2D eigenvalue weighted by Crippen LogP contribution is 2.41. The zero-order chi connectivity index (χ0) is 37.2. The number of amides is 1. The molecule has 0 unspecified atom stereocenters. The van der Waals surface area contributed by atoms with E-state index in [1.165, 1.54) is 64.2 Å². The van der Waals surface area contributed by atoms with Crippen molar-refractivity contribution in [3.63, 3.8) is 0 Å². The summed E-state index contributed by atoms with van der Waals surface area (Å²) in [7, 11) is 0. The lowest BCUT2D eigenvalue weighted by molar-refractivity contribution is -0.643. The molecule has 6 N–H and O–H groups in total. The van der Waals surface area contributed by atoms with Crippen LogP contribution in [0.2, 0.25) is 0 Å². The van der Waals surface area contributed by atoms with E-state index in [4.69, 9.17) is 25.7 Å². The van der Waals surface area contributed by atoms with E-state index < -0.39 is 5.72 Å². The fourth-order valence-electron chi connectivity index (χ4n) is 9.66. The summed E-state index contributed by atoms with van der Waals surface area (Å²) in [5.41, 5.74) is 10.6. The fraction of sp³-hybridized carbons (Fsp3) is 0.929. The van der Waals surface area contributed by atoms with E-state index in [1.54, 1.807) is 0 Å². The number of nitrogens with zero attached hydrogens (tertiary/aromatic N) is 2. The molecule has 312 valence electrons. The van der Waals surface area contributed by atoms with Crippen molar-refractivity contribution in [2.75, 3.05) is 39.4 Å². The number of hydrogen-bond acceptors (Lipinski definition) is 9. The van der Waals surface area contributed by atoms with E-state index in [0.717, 1.165) is 135 Å². The molecule has 5 atom stereocenters. The number of guanidine groups is 1. The summed E-state index contributed by atoms with van der Waals surface area (Å²) in [6.45, 7) is 4.49. The van der Waals surface area contributed by atoms with Gasteiger partial charge in [0.2, 0.25) is 5.91 Å². The van der Waals surface area contributed by atoms with Gasteiger partial charge in [0.1, 0.15) is 12.1 Å². The molecule has 2 spiro atoms. The average Bonchev–Trinajstić information content (AvgIpc) is 3.38. The van der Waals surface area contributed by atoms with Crippen LogP contribution in [0.5, 0.6) is 0 Å². The Balaban J connectivity index is 0.00000650. The van der Waals surface area contributed by atoms with Gasteiger partial charge in [-0.2, -0.15) is 0 Å². The number of carbonyl (C=O) groups excluding carboxylic acids is 2. The molecule has 12 heteroatoms. The molecule has 11 nitrogen and oxygen atoms in total. The van der Waals surface area contributed by atoms with Crippen molar-refractivity contribution in [2.24, 2.45) is 11.5 Å². The molecule has 5 aliphatic rings. The molecule has 5 heterocycles. The van der Waals surface area contributed by atoms with E-state index in [-0.39, 0.29) is 42.2 Å². The van der Waals surface area contributed by atoms with E-state index in [0.29, 0.717) is 32.0 Å². The van der Waals surface area contributed by atoms with Gasteiger partial charge < -0.3 is 43.0 Å². The van der Waals surface area contributed by atoms with Gasteiger partial charge in [-0.1, -0.05) is 70.6 Å². The number of nitrogens with two attached hydrogens (primary N) is 2. The predicted molar refractivity (Wildman–Crippen MR) is 210 cm³/mol. The largest absolute Gasteiger partial charge is 1.00 e. The number of hydrogen-bond donors (Lipinski definition) is 4. The highest BCUT2D eigenvalue weighted by molar-refractivity contribution is 5.78. The number of nitrogens with one attached hydrogen (secondary N) is 2. The molecule has 0 aromatic rings. The first-order valence-corrected chi connectivity index (χ1v) is 22.3. The van der Waals surface area contributed by atoms with Crippen molar-refractivity contribution in [2.45, 2.75) is 209 Å². The molecule has 0 aromatic heterocycles. The maximum atomic E-state index is 13.2. The van der Waals surface area contributed by atoms with Crippen LogP contribution in [0.3, 0.4) is 0 Å². The number of piperidine rings is 1. The zero-order valence-corrected chi connectivity index (χ0v) is 34.5. The number of unbranched alkanes of at least 4 members (excludes halogenated alkanes) is 12. The van der Waals surface area contributed by atoms with Crippen LogP contribution in [-0.4, -0.2) is 96.3 Å². The van der Waals surface area contributed by atoms with Crippen molar-refractivity contribution >= 4 is 17.8 Å². The fourth-order valence-corrected chi connectivity index (χ4v) is 9.66. The molecule has 54 heavy (non-hydrogen) atoms. The molecule has 0 saturated carbocycles. The summed E-state index contributed by atoms with van der Waals surface area (Å²) in [4.78, 5) is 27.8. The van der Waals surface area contributed by atoms with Gasteiger partial charge in [0.05, 0.1) is 19.3 Å². The standard InChI is InChI=1S/C42H76N6O5.ClH/c43-27-16-17-29-47(30-20-28-44)38(49)21-12-9-7-5-3-1-2-4-6-8-10-13-22-39(50)53-37-24-23-35-33-41(25-14-11-18-31-51-41)45-40-46-42(26-15-19-32-52-42)34-36(37)48(35)40;/h35-37H,1-34,43-44H2,(H,45,46);1H/t35-,36-,37-,41-,42+;/m0./s1. The average molecular weight is 782 g/mol. The minimum Gasteiger partial charge on any atom is -1.00 e. The third-order valence-electron chi connectivity index (χ3n) is 12.6. The summed E-state index contributed by atoms with van der Waals surface area (Å²) >= 11 is 0. The van der Waals surface area contributed by atoms with Gasteiger partial charge in [-0.15, -0.1) is 0 Å². The summed E-state index contributed by atoms with van der Waals surface area (Å²) in [6.07, 6.45) is 29.7. The first kappa shape index (κ1) is 45.0. The first-order chi connectivity index (χ1) is 26.0. The Morgan fingerprint density at radius 2 is 1.24 bits per heavy atom. The van der Waals surface area contributed by atoms with Crippen molar-refractivity contribution in [3.05, 3.63) is 0 Å². The first-order valence-electron chi connectivity index (χ1n) is 22.3. The summed E-state index contributed by atoms with van der Waals surface area (Å²) < 4.78 is 21.9. The smallest absolute Gasteiger partial charge is 0.351 e. The molecule has 5 rings (SSSR count). The van der Waals surface area contributed by atoms with Gasteiger partial charge in [0.25, 0.3) is 0 Å². The Morgan fingerprint density at radius 3 is 1.89 bits per heavy atom. The minimum atomic E-state index is -0.392. The highest BCUT2D eigenvalue weighted by atomic mass is 35.5. The lowest BCUT2D eigenvalue weighted by Gasteiger charge is -2.52. The second-order valence-corrected chi connectivity index (χ2v) is 17.0. The van der Waals surface area contributed by atoms with Crippen LogP contribution in [0.4, 0.5) is 0 Å². The molecular formula is C42H77ClN6O5. The SMILES string of the molecule is NCCCCN(CCCN)C(=O)CCCCCCCCCCCCCCC(=O)O[C@H]1CC[C@H]2C[C@@]3(CCCCCO3)NC3=[N+]2[C@H]1C[C@]1(CCCCO1)N3.[Cl-]. The normalized spacial score (nSPS) is 27.7. The predicted octanol–water partition coefficient (Wildman–Crippen LogP) is 3.35. The van der Waals surface area contributed by atoms with Gasteiger partial charge in [0.15, 0.2) is 11.4 Å². The molecule has 5 aliphatic heterocycles. The molecule has 0 aromatic carbocycles. The van der Waals surface area contributed by atoms with E-state index in [2.05, 4.69) is 15.2 Å². The summed E-state index contributed by atoms with van der Waals surface area (Å²) in [5.74, 6) is 1.29. The van der Waals surface area contributed by atoms with Crippen molar-refractivity contribution in [3.8, 4) is 0 Å². The molecular weight excluding hydrogens is 704 g/mol. The lowest BCUT2D eigenvalue weighted by Crippen LogP contribution is -3.00. The van der Waals surface area contributed by atoms with Gasteiger partial charge in [0, 0.05) is 51.6 Å². The molecule has 3 fully saturated rings. The Hall–Kier alpha value is -1.66. The van der Waals surface area contributed by atoms with Crippen molar-refractivity contribution < 1.29 is 40.8 Å². The Labute approximate surface area is 333 Å². The van der Waals surface area contributed by atoms with Crippen LogP contribution in [0.25, 0.3) is 0 Å². The topological polar surface area (TPSA) is 144 Å². The number of rotatable bonds is 23. The quantitative estimate of drug-likeness (QED) is 0.0698. The Morgan fingerprint density at radius 1 is 0.685 bits per heavy atom. The molecule has 3 saturated heterocycles. The second-order valence-electron chi connectivity index (χ2n) is 17.0. The number of ether oxygens (including phenoxy) is 3. The number of esters is 1. The molecule has 0 bridgehead atoms. The number of carbonyl (C=O) groups is 2. The van der Waals surface area contributed by atoms with Crippen LogP contribution in [0.1, 0.15) is 180 Å². The van der Waals surface area contributed by atoms with Gasteiger partial charge in [-0.3, -0.25) is 14.2 Å². The van der Waals surface area contributed by atoms with Crippen LogP contribution >= 0.6 is 0 Å². The minimum absolute atomic E-state index is 0. The maximum absolute atomic E-state index is 13.2. The highest BCUT2D eigenvalue weighted by Gasteiger charge is 2.58. The molecule has 0 radical (unpaired) electrons. The van der Waals surface area contributed by atoms with Crippen molar-refractivity contribution in [1.82, 2.24) is 15.5 Å². The van der Waals surface area contributed by atoms with Gasteiger partial charge >= 0.3 is 11.9 Å². The third-order valence-corrected chi connectivity index (χ3v) is 12.6. The van der Waals surface area contributed by atoms with Crippen LogP contribution < -0.4 is 34.5 Å².